The second-order valence-electron chi connectivity index (χ2n) is 4.85. The van der Waals surface area contributed by atoms with E-state index in [9.17, 15) is 4.79 Å². The van der Waals surface area contributed by atoms with Crippen molar-refractivity contribution in [2.75, 3.05) is 17.7 Å². The van der Waals surface area contributed by atoms with Crippen molar-refractivity contribution in [1.82, 2.24) is 0 Å². The minimum absolute atomic E-state index is 0.0427. The summed E-state index contributed by atoms with van der Waals surface area (Å²) in [6.45, 7) is 0.819. The lowest BCUT2D eigenvalue weighted by Gasteiger charge is -2.13. The fraction of sp³-hybridized carbons (Fsp3) is 0.267. The lowest BCUT2D eigenvalue weighted by atomic mass is 9.92. The summed E-state index contributed by atoms with van der Waals surface area (Å²) >= 11 is 6.03. The molecule has 2 aromatic rings. The topological polar surface area (TPSA) is 49.3 Å². The number of carboxylic acid groups (broad SMARTS) is 1. The molecule has 0 bridgehead atoms. The van der Waals surface area contributed by atoms with Crippen molar-refractivity contribution in [2.45, 2.75) is 12.3 Å². The lowest BCUT2D eigenvalue weighted by molar-refractivity contribution is -0.136. The van der Waals surface area contributed by atoms with Gasteiger partial charge in [0.15, 0.2) is 0 Å². The third-order valence-electron chi connectivity index (χ3n) is 3.65. The van der Waals surface area contributed by atoms with Gasteiger partial charge in [-0.05, 0) is 28.0 Å². The summed E-state index contributed by atoms with van der Waals surface area (Å²) in [7, 11) is 0. The molecule has 0 saturated carbocycles. The smallest absolute Gasteiger partial charge is 0.307 e. The molecule has 0 fully saturated rings. The van der Waals surface area contributed by atoms with Crippen molar-refractivity contribution in [3.8, 4) is 0 Å². The highest BCUT2D eigenvalue weighted by molar-refractivity contribution is 6.18. The summed E-state index contributed by atoms with van der Waals surface area (Å²) in [4.78, 5) is 11.0. The van der Waals surface area contributed by atoms with Gasteiger partial charge in [-0.2, -0.15) is 0 Å². The number of alkyl halides is 1. The fourth-order valence-corrected chi connectivity index (χ4v) is 3.10. The number of halogens is 1. The molecule has 1 atom stereocenters. The molecule has 3 rings (SSSR count). The Balaban J connectivity index is 2.26. The predicted molar refractivity (Wildman–Crippen MR) is 77.2 cm³/mol. The standard InChI is InChI=1S/C15H14ClNO2/c16-7-10-8-17-13-5-9(6-14(18)19)11-3-1-2-4-12(11)15(10)13/h1-5,10,17H,6-8H2,(H,18,19)/t10-/m1/s1. The average molecular weight is 276 g/mol. The van der Waals surface area contributed by atoms with Gasteiger partial charge in [-0.3, -0.25) is 4.79 Å². The van der Waals surface area contributed by atoms with Gasteiger partial charge in [-0.25, -0.2) is 0 Å². The Kier molecular flexibility index (Phi) is 3.07. The summed E-state index contributed by atoms with van der Waals surface area (Å²) < 4.78 is 0. The number of hydrogen-bond acceptors (Lipinski definition) is 2. The Morgan fingerprint density at radius 3 is 2.79 bits per heavy atom. The van der Waals surface area contributed by atoms with Crippen molar-refractivity contribution in [3.05, 3.63) is 41.5 Å². The Morgan fingerprint density at radius 1 is 1.37 bits per heavy atom. The second-order valence-corrected chi connectivity index (χ2v) is 5.15. The predicted octanol–water partition coefficient (Wildman–Crippen LogP) is 3.21. The third kappa shape index (κ3) is 2.04. The van der Waals surface area contributed by atoms with Crippen molar-refractivity contribution in [1.29, 1.82) is 0 Å². The number of nitrogens with one attached hydrogen (secondary N) is 1. The minimum Gasteiger partial charge on any atom is -0.481 e. The van der Waals surface area contributed by atoms with Crippen molar-refractivity contribution < 1.29 is 9.90 Å². The average Bonchev–Trinajstić information content (AvgIpc) is 2.81. The van der Waals surface area contributed by atoms with E-state index >= 15 is 0 Å². The van der Waals surface area contributed by atoms with E-state index in [4.69, 9.17) is 16.7 Å². The van der Waals surface area contributed by atoms with E-state index in [1.165, 1.54) is 5.56 Å². The summed E-state index contributed by atoms with van der Waals surface area (Å²) in [6.07, 6.45) is 0.0427. The molecule has 0 saturated heterocycles. The second kappa shape index (κ2) is 4.74. The van der Waals surface area contributed by atoms with Crippen LogP contribution in [0.25, 0.3) is 10.8 Å². The van der Waals surface area contributed by atoms with Gasteiger partial charge in [0.1, 0.15) is 0 Å². The molecule has 2 N–H and O–H groups in total. The number of aliphatic carboxylic acids is 1. The van der Waals surface area contributed by atoms with E-state index in [1.54, 1.807) is 0 Å². The number of benzene rings is 2. The summed E-state index contributed by atoms with van der Waals surface area (Å²) in [5.74, 6) is 0.0554. The highest BCUT2D eigenvalue weighted by atomic mass is 35.5. The molecule has 19 heavy (non-hydrogen) atoms. The van der Waals surface area contributed by atoms with Gasteiger partial charge >= 0.3 is 5.97 Å². The van der Waals surface area contributed by atoms with Crippen molar-refractivity contribution in [2.24, 2.45) is 0 Å². The first-order chi connectivity index (χ1) is 9.20. The number of anilines is 1. The SMILES string of the molecule is O=C(O)Cc1cc2c(c3ccccc13)[C@H](CCl)CN2. The van der Waals surface area contributed by atoms with Crippen molar-refractivity contribution >= 4 is 34.0 Å². The van der Waals surface area contributed by atoms with Crippen LogP contribution < -0.4 is 5.32 Å². The quantitative estimate of drug-likeness (QED) is 0.846. The first-order valence-corrected chi connectivity index (χ1v) is 6.80. The fourth-order valence-electron chi connectivity index (χ4n) is 2.84. The van der Waals surface area contributed by atoms with Gasteiger partial charge in [0.05, 0.1) is 6.42 Å². The van der Waals surface area contributed by atoms with Crippen LogP contribution in [-0.2, 0) is 11.2 Å². The van der Waals surface area contributed by atoms with E-state index < -0.39 is 5.97 Å². The molecule has 0 aliphatic carbocycles. The van der Waals surface area contributed by atoms with Crippen LogP contribution in [-0.4, -0.2) is 23.5 Å². The number of carboxylic acids is 1. The molecule has 1 aliphatic rings. The maximum Gasteiger partial charge on any atom is 0.307 e. The molecule has 0 spiro atoms. The highest BCUT2D eigenvalue weighted by Gasteiger charge is 2.25. The minimum atomic E-state index is -0.808. The van der Waals surface area contributed by atoms with E-state index in [2.05, 4.69) is 5.32 Å². The molecule has 4 heteroatoms. The van der Waals surface area contributed by atoms with Crippen LogP contribution in [0, 0.1) is 0 Å². The molecule has 0 aromatic heterocycles. The maximum atomic E-state index is 11.0. The van der Waals surface area contributed by atoms with Gasteiger partial charge in [0, 0.05) is 24.0 Å². The Hall–Kier alpha value is -1.74. The molecule has 1 aliphatic heterocycles. The van der Waals surface area contributed by atoms with Gasteiger partial charge in [-0.15, -0.1) is 11.6 Å². The van der Waals surface area contributed by atoms with Crippen LogP contribution in [0.2, 0.25) is 0 Å². The van der Waals surface area contributed by atoms with E-state index in [1.807, 2.05) is 30.3 Å². The maximum absolute atomic E-state index is 11.0. The normalized spacial score (nSPS) is 17.2. The zero-order valence-corrected chi connectivity index (χ0v) is 11.1. The Labute approximate surface area is 116 Å². The largest absolute Gasteiger partial charge is 0.481 e. The highest BCUT2D eigenvalue weighted by Crippen LogP contribution is 2.39. The Morgan fingerprint density at radius 2 is 2.11 bits per heavy atom. The summed E-state index contributed by atoms with van der Waals surface area (Å²) in [6, 6.07) is 9.91. The molecule has 98 valence electrons. The zero-order valence-electron chi connectivity index (χ0n) is 10.3. The molecule has 0 radical (unpaired) electrons. The number of rotatable bonds is 3. The van der Waals surface area contributed by atoms with E-state index in [0.717, 1.165) is 28.6 Å². The molecular weight excluding hydrogens is 262 g/mol. The Bertz CT molecular complexity index is 654. The van der Waals surface area contributed by atoms with Gasteiger partial charge in [-0.1, -0.05) is 24.3 Å². The third-order valence-corrected chi connectivity index (χ3v) is 4.02. The van der Waals surface area contributed by atoms with Gasteiger partial charge < -0.3 is 10.4 Å². The molecule has 1 heterocycles. The van der Waals surface area contributed by atoms with Gasteiger partial charge in [0.2, 0.25) is 0 Å². The van der Waals surface area contributed by atoms with Crippen LogP contribution in [0.1, 0.15) is 17.0 Å². The molecule has 3 nitrogen and oxygen atoms in total. The van der Waals surface area contributed by atoms with Crippen LogP contribution in [0.4, 0.5) is 5.69 Å². The molecule has 0 amide bonds. The van der Waals surface area contributed by atoms with E-state index in [-0.39, 0.29) is 6.42 Å². The summed E-state index contributed by atoms with van der Waals surface area (Å²) in [5.41, 5.74) is 3.10. The van der Waals surface area contributed by atoms with Crippen molar-refractivity contribution in [3.63, 3.8) is 0 Å². The number of hydrogen-bond donors (Lipinski definition) is 2. The van der Waals surface area contributed by atoms with Crippen LogP contribution in [0.5, 0.6) is 0 Å². The van der Waals surface area contributed by atoms with Crippen LogP contribution >= 0.6 is 11.6 Å². The van der Waals surface area contributed by atoms with Crippen LogP contribution in [0.3, 0.4) is 0 Å². The van der Waals surface area contributed by atoms with Crippen LogP contribution in [0.15, 0.2) is 30.3 Å². The number of fused-ring (bicyclic) bond motifs is 3. The molecule has 0 unspecified atom stereocenters. The monoisotopic (exact) mass is 275 g/mol. The number of carbonyl (C=O) groups is 1. The summed E-state index contributed by atoms with van der Waals surface area (Å²) in [5, 5.41) is 14.5. The van der Waals surface area contributed by atoms with E-state index in [0.29, 0.717) is 11.8 Å². The first kappa shape index (κ1) is 12.3. The van der Waals surface area contributed by atoms with Gasteiger partial charge in [0.25, 0.3) is 0 Å². The lowest BCUT2D eigenvalue weighted by Crippen LogP contribution is -2.03. The zero-order chi connectivity index (χ0) is 13.4. The first-order valence-electron chi connectivity index (χ1n) is 6.27. The molecule has 2 aromatic carbocycles. The molecular formula is C15H14ClNO2.